The molecule has 21 heavy (non-hydrogen) atoms. The number of hydrogen-bond acceptors (Lipinski definition) is 4. The topological polar surface area (TPSA) is 57.4 Å². The minimum absolute atomic E-state index is 0.381. The Kier molecular flexibility index (Phi) is 3.51. The number of fused-ring (bicyclic) bond motifs is 1. The van der Waals surface area contributed by atoms with E-state index in [0.29, 0.717) is 24.7 Å². The molecule has 0 radical (unpaired) electrons. The summed E-state index contributed by atoms with van der Waals surface area (Å²) in [5.41, 5.74) is 7.00. The predicted octanol–water partition coefficient (Wildman–Crippen LogP) is 2.60. The molecule has 110 valence electrons. The van der Waals surface area contributed by atoms with Gasteiger partial charge in [0, 0.05) is 6.42 Å². The second kappa shape index (κ2) is 5.33. The van der Waals surface area contributed by atoms with Crippen LogP contribution in [0.1, 0.15) is 24.6 Å². The molecule has 0 aliphatic carbocycles. The molecule has 5 heteroatoms. The normalized spacial score (nSPS) is 16.9. The highest BCUT2D eigenvalue weighted by Crippen LogP contribution is 2.35. The minimum Gasteiger partial charge on any atom is -0.490 e. The highest BCUT2D eigenvalue weighted by molar-refractivity contribution is 5.47. The van der Waals surface area contributed by atoms with Gasteiger partial charge in [-0.25, -0.2) is 4.39 Å². The molecule has 0 saturated carbocycles. The van der Waals surface area contributed by atoms with Crippen molar-refractivity contribution < 1.29 is 13.9 Å². The van der Waals surface area contributed by atoms with E-state index in [4.69, 9.17) is 15.2 Å². The van der Waals surface area contributed by atoms with E-state index in [2.05, 4.69) is 4.98 Å². The molecule has 1 aliphatic heterocycles. The molecule has 2 N–H and O–H groups in total. The summed E-state index contributed by atoms with van der Waals surface area (Å²) in [5.74, 6) is 1.02. The molecular formula is C16H17FN2O2. The van der Waals surface area contributed by atoms with Crippen LogP contribution >= 0.6 is 0 Å². The first-order chi connectivity index (χ1) is 10.1. The molecule has 0 bridgehead atoms. The first kappa shape index (κ1) is 13.8. The molecule has 1 unspecified atom stereocenters. The Morgan fingerprint density at radius 1 is 1.14 bits per heavy atom. The molecule has 0 fully saturated rings. The molecule has 0 spiro atoms. The predicted molar refractivity (Wildman–Crippen MR) is 76.9 cm³/mol. The Hall–Kier alpha value is -2.14. The van der Waals surface area contributed by atoms with Gasteiger partial charge >= 0.3 is 0 Å². The van der Waals surface area contributed by atoms with Gasteiger partial charge in [-0.1, -0.05) is 6.07 Å². The Morgan fingerprint density at radius 2 is 1.90 bits per heavy atom. The van der Waals surface area contributed by atoms with Crippen LogP contribution in [-0.2, 0) is 5.54 Å². The SMILES string of the molecule is CC(N)(c1ccc2c(c1)OCCCO2)c1ccc(F)cn1. The summed E-state index contributed by atoms with van der Waals surface area (Å²) in [4.78, 5) is 4.08. The maximum absolute atomic E-state index is 13.0. The fourth-order valence-corrected chi connectivity index (χ4v) is 2.32. The number of nitrogens with two attached hydrogens (primary N) is 1. The Labute approximate surface area is 122 Å². The number of pyridine rings is 1. The highest BCUT2D eigenvalue weighted by Gasteiger charge is 2.27. The molecule has 1 aromatic carbocycles. The molecule has 0 amide bonds. The summed E-state index contributed by atoms with van der Waals surface area (Å²) in [6.07, 6.45) is 2.02. The number of rotatable bonds is 2. The second-order valence-corrected chi connectivity index (χ2v) is 5.28. The number of benzene rings is 1. The number of ether oxygens (including phenoxy) is 2. The molecular weight excluding hydrogens is 271 g/mol. The van der Waals surface area contributed by atoms with Crippen LogP contribution in [0.5, 0.6) is 11.5 Å². The molecule has 1 aromatic heterocycles. The van der Waals surface area contributed by atoms with Gasteiger partial charge in [0.1, 0.15) is 5.82 Å². The minimum atomic E-state index is -0.835. The third-order valence-corrected chi connectivity index (χ3v) is 3.61. The summed E-state index contributed by atoms with van der Waals surface area (Å²) in [6, 6.07) is 8.56. The fourth-order valence-electron chi connectivity index (χ4n) is 2.32. The highest BCUT2D eigenvalue weighted by atomic mass is 19.1. The van der Waals surface area contributed by atoms with Gasteiger partial charge in [0.25, 0.3) is 0 Å². The van der Waals surface area contributed by atoms with Gasteiger partial charge in [0.15, 0.2) is 11.5 Å². The Balaban J connectivity index is 1.98. The van der Waals surface area contributed by atoms with E-state index >= 15 is 0 Å². The van der Waals surface area contributed by atoms with Crippen LogP contribution in [0, 0.1) is 5.82 Å². The number of nitrogens with zero attached hydrogens (tertiary/aromatic N) is 1. The lowest BCUT2D eigenvalue weighted by Crippen LogP contribution is -2.35. The molecule has 4 nitrogen and oxygen atoms in total. The van der Waals surface area contributed by atoms with E-state index in [1.807, 2.05) is 25.1 Å². The van der Waals surface area contributed by atoms with Crippen LogP contribution in [0.3, 0.4) is 0 Å². The summed E-state index contributed by atoms with van der Waals surface area (Å²) in [7, 11) is 0. The number of halogens is 1. The third kappa shape index (κ3) is 2.69. The van der Waals surface area contributed by atoms with Crippen molar-refractivity contribution in [2.75, 3.05) is 13.2 Å². The maximum atomic E-state index is 13.0. The van der Waals surface area contributed by atoms with Crippen molar-refractivity contribution in [1.29, 1.82) is 0 Å². The quantitative estimate of drug-likeness (QED) is 0.923. The zero-order chi connectivity index (χ0) is 14.9. The molecule has 2 aromatic rings. The Morgan fingerprint density at radius 3 is 2.62 bits per heavy atom. The largest absolute Gasteiger partial charge is 0.490 e. The maximum Gasteiger partial charge on any atom is 0.161 e. The van der Waals surface area contributed by atoms with Crippen molar-refractivity contribution >= 4 is 0 Å². The standard InChI is InChI=1S/C16H17FN2O2/c1-16(18,15-6-4-12(17)10-19-15)11-3-5-13-14(9-11)21-8-2-7-20-13/h3-6,9-10H,2,7-8,18H2,1H3. The van der Waals surface area contributed by atoms with Crippen LogP contribution in [-0.4, -0.2) is 18.2 Å². The van der Waals surface area contributed by atoms with Crippen molar-refractivity contribution in [2.24, 2.45) is 5.73 Å². The number of aromatic nitrogens is 1. The van der Waals surface area contributed by atoms with E-state index in [-0.39, 0.29) is 5.82 Å². The summed E-state index contributed by atoms with van der Waals surface area (Å²) in [6.45, 7) is 3.10. The summed E-state index contributed by atoms with van der Waals surface area (Å²) in [5, 5.41) is 0. The van der Waals surface area contributed by atoms with Crippen LogP contribution in [0.25, 0.3) is 0 Å². The molecule has 1 aliphatic rings. The van der Waals surface area contributed by atoms with Crippen molar-refractivity contribution in [1.82, 2.24) is 4.98 Å². The van der Waals surface area contributed by atoms with E-state index in [1.54, 1.807) is 6.07 Å². The number of hydrogen-bond donors (Lipinski definition) is 1. The van der Waals surface area contributed by atoms with Crippen molar-refractivity contribution in [3.05, 3.63) is 53.6 Å². The van der Waals surface area contributed by atoms with Gasteiger partial charge in [-0.15, -0.1) is 0 Å². The van der Waals surface area contributed by atoms with Gasteiger partial charge in [-0.05, 0) is 36.8 Å². The van der Waals surface area contributed by atoms with Gasteiger partial charge in [-0.2, -0.15) is 0 Å². The van der Waals surface area contributed by atoms with E-state index in [0.717, 1.165) is 17.7 Å². The molecule has 2 heterocycles. The lowest BCUT2D eigenvalue weighted by atomic mass is 9.89. The van der Waals surface area contributed by atoms with E-state index in [1.165, 1.54) is 12.3 Å². The van der Waals surface area contributed by atoms with E-state index < -0.39 is 5.54 Å². The van der Waals surface area contributed by atoms with Crippen LogP contribution in [0.4, 0.5) is 4.39 Å². The van der Waals surface area contributed by atoms with Gasteiger partial charge < -0.3 is 15.2 Å². The smallest absolute Gasteiger partial charge is 0.161 e. The monoisotopic (exact) mass is 288 g/mol. The Bertz CT molecular complexity index is 641. The molecule has 1 atom stereocenters. The van der Waals surface area contributed by atoms with Crippen molar-refractivity contribution in [2.45, 2.75) is 18.9 Å². The van der Waals surface area contributed by atoms with Crippen LogP contribution < -0.4 is 15.2 Å². The van der Waals surface area contributed by atoms with E-state index in [9.17, 15) is 4.39 Å². The zero-order valence-electron chi connectivity index (χ0n) is 11.8. The van der Waals surface area contributed by atoms with Crippen molar-refractivity contribution in [3.8, 4) is 11.5 Å². The van der Waals surface area contributed by atoms with Crippen LogP contribution in [0.15, 0.2) is 36.5 Å². The van der Waals surface area contributed by atoms with Gasteiger partial charge in [0.05, 0.1) is 30.6 Å². The van der Waals surface area contributed by atoms with Crippen LogP contribution in [0.2, 0.25) is 0 Å². The zero-order valence-corrected chi connectivity index (χ0v) is 11.8. The molecule has 0 saturated heterocycles. The second-order valence-electron chi connectivity index (χ2n) is 5.28. The van der Waals surface area contributed by atoms with Gasteiger partial charge in [0.2, 0.25) is 0 Å². The van der Waals surface area contributed by atoms with Gasteiger partial charge in [-0.3, -0.25) is 4.98 Å². The molecule has 3 rings (SSSR count). The summed E-state index contributed by atoms with van der Waals surface area (Å²) < 4.78 is 24.3. The van der Waals surface area contributed by atoms with Crippen molar-refractivity contribution in [3.63, 3.8) is 0 Å². The fraction of sp³-hybridized carbons (Fsp3) is 0.312. The lowest BCUT2D eigenvalue weighted by Gasteiger charge is -2.25. The first-order valence-electron chi connectivity index (χ1n) is 6.88. The lowest BCUT2D eigenvalue weighted by molar-refractivity contribution is 0.297. The average molecular weight is 288 g/mol. The summed E-state index contributed by atoms with van der Waals surface area (Å²) >= 11 is 0. The first-order valence-corrected chi connectivity index (χ1v) is 6.88. The third-order valence-electron chi connectivity index (χ3n) is 3.61. The average Bonchev–Trinajstić information content (AvgIpc) is 2.72.